The molecule has 0 atom stereocenters. The normalized spacial score (nSPS) is 16.8. The molecule has 1 amide bonds. The van der Waals surface area contributed by atoms with Gasteiger partial charge in [-0.15, -0.1) is 0 Å². The molecular formula is C25H26N4O3S. The van der Waals surface area contributed by atoms with Crippen molar-refractivity contribution in [3.8, 4) is 11.5 Å². The van der Waals surface area contributed by atoms with Crippen LogP contribution in [0.1, 0.15) is 30.5 Å². The number of amides is 1. The molecule has 2 heterocycles. The molecule has 0 saturated heterocycles. The Morgan fingerprint density at radius 1 is 1.03 bits per heavy atom. The van der Waals surface area contributed by atoms with E-state index in [0.717, 1.165) is 16.4 Å². The summed E-state index contributed by atoms with van der Waals surface area (Å²) in [6, 6.07) is 13.4. The van der Waals surface area contributed by atoms with Crippen LogP contribution in [0, 0.1) is 25.2 Å². The predicted octanol–water partition coefficient (Wildman–Crippen LogP) is 5.04. The summed E-state index contributed by atoms with van der Waals surface area (Å²) in [6.45, 7) is 9.02. The number of nitrogens with one attached hydrogen (secondary N) is 1. The van der Waals surface area contributed by atoms with Crippen molar-refractivity contribution in [3.63, 3.8) is 0 Å². The molecule has 4 rings (SSSR count). The van der Waals surface area contributed by atoms with Gasteiger partial charge in [-0.25, -0.2) is 0 Å². The second-order valence-electron chi connectivity index (χ2n) is 8.12. The molecule has 0 bridgehead atoms. The van der Waals surface area contributed by atoms with Crippen LogP contribution in [0.15, 0.2) is 58.1 Å². The van der Waals surface area contributed by atoms with E-state index in [2.05, 4.69) is 23.9 Å². The van der Waals surface area contributed by atoms with Gasteiger partial charge in [0.1, 0.15) is 29.8 Å². The van der Waals surface area contributed by atoms with Gasteiger partial charge in [0.2, 0.25) is 5.17 Å². The van der Waals surface area contributed by atoms with Gasteiger partial charge in [0, 0.05) is 5.92 Å². The Morgan fingerprint density at radius 2 is 1.70 bits per heavy atom. The summed E-state index contributed by atoms with van der Waals surface area (Å²) in [6.07, 6.45) is 1.66. The van der Waals surface area contributed by atoms with Crippen LogP contribution in [0.25, 0.3) is 6.08 Å². The van der Waals surface area contributed by atoms with E-state index in [4.69, 9.17) is 14.9 Å². The number of hydrogen-bond acceptors (Lipinski definition) is 6. The largest absolute Gasteiger partial charge is 0.490 e. The number of rotatable bonds is 7. The van der Waals surface area contributed by atoms with Crippen molar-refractivity contribution in [1.82, 2.24) is 5.01 Å². The van der Waals surface area contributed by atoms with Crippen LogP contribution in [-0.4, -0.2) is 40.2 Å². The van der Waals surface area contributed by atoms with Gasteiger partial charge < -0.3 is 9.47 Å². The quantitative estimate of drug-likeness (QED) is 0.460. The first-order chi connectivity index (χ1) is 15.8. The number of aliphatic imine (C=N–C) groups is 1. The monoisotopic (exact) mass is 462 g/mol. The highest BCUT2D eigenvalue weighted by Crippen LogP contribution is 2.30. The van der Waals surface area contributed by atoms with E-state index in [1.165, 1.54) is 27.9 Å². The van der Waals surface area contributed by atoms with Gasteiger partial charge >= 0.3 is 0 Å². The highest BCUT2D eigenvalue weighted by atomic mass is 32.2. The minimum atomic E-state index is -0.428. The van der Waals surface area contributed by atoms with Crippen molar-refractivity contribution < 1.29 is 14.3 Å². The Labute approximate surface area is 197 Å². The summed E-state index contributed by atoms with van der Waals surface area (Å²) in [5.41, 5.74) is 3.42. The van der Waals surface area contributed by atoms with Gasteiger partial charge in [-0.1, -0.05) is 32.0 Å². The predicted molar refractivity (Wildman–Crippen MR) is 133 cm³/mol. The molecule has 2 aliphatic heterocycles. The number of aryl methyl sites for hydroxylation is 2. The molecule has 2 aromatic carbocycles. The van der Waals surface area contributed by atoms with Crippen LogP contribution in [0.2, 0.25) is 0 Å². The molecule has 0 saturated carbocycles. The smallest absolute Gasteiger partial charge is 0.283 e. The topological polar surface area (TPSA) is 87.3 Å². The first-order valence-corrected chi connectivity index (χ1v) is 11.6. The molecule has 33 heavy (non-hydrogen) atoms. The maximum Gasteiger partial charge on any atom is 0.283 e. The maximum atomic E-state index is 12.5. The molecule has 8 heteroatoms. The third-order valence-electron chi connectivity index (χ3n) is 5.25. The zero-order valence-corrected chi connectivity index (χ0v) is 19.9. The molecule has 0 radical (unpaired) electrons. The first-order valence-electron chi connectivity index (χ1n) is 10.7. The van der Waals surface area contributed by atoms with E-state index in [-0.39, 0.29) is 17.3 Å². The summed E-state index contributed by atoms with van der Waals surface area (Å²) in [4.78, 5) is 16.6. The number of amidine groups is 2. The van der Waals surface area contributed by atoms with Crippen LogP contribution < -0.4 is 9.47 Å². The molecule has 0 aromatic heterocycles. The van der Waals surface area contributed by atoms with Crippen LogP contribution >= 0.6 is 11.8 Å². The number of benzene rings is 2. The fourth-order valence-corrected chi connectivity index (χ4v) is 4.08. The fraction of sp³-hybridized carbons (Fsp3) is 0.280. The van der Waals surface area contributed by atoms with E-state index in [9.17, 15) is 4.79 Å². The number of thioether (sulfide) groups is 1. The standard InChI is InChI=1S/C25H26N4O3S/c1-15(2)24-28-29-22(26)21(23(30)27-25(29)33-24)14-18-6-9-19(10-7-18)31-11-12-32-20-8-5-16(3)17(4)13-20/h5-10,13-15,26H,11-12H2,1-4H3/b21-14-,26-22?. The number of carbonyl (C=O) groups excluding carboxylic acids is 1. The van der Waals surface area contributed by atoms with Crippen molar-refractivity contribution in [2.24, 2.45) is 16.0 Å². The number of hydrazone groups is 1. The van der Waals surface area contributed by atoms with Crippen LogP contribution in [0.3, 0.4) is 0 Å². The number of nitrogens with zero attached hydrogens (tertiary/aromatic N) is 3. The Hall–Kier alpha value is -3.39. The lowest BCUT2D eigenvalue weighted by Gasteiger charge is -2.20. The Balaban J connectivity index is 1.35. The third-order valence-corrected chi connectivity index (χ3v) is 6.46. The summed E-state index contributed by atoms with van der Waals surface area (Å²) < 4.78 is 11.5. The summed E-state index contributed by atoms with van der Waals surface area (Å²) in [5.74, 6) is 1.35. The molecule has 0 unspecified atom stereocenters. The van der Waals surface area contributed by atoms with Gasteiger partial charge in [0.05, 0.1) is 5.57 Å². The SMILES string of the molecule is Cc1ccc(OCCOc2ccc(/C=C3/C(=N)N4N=C(C(C)C)SC4=NC3=O)cc2)cc1C. The minimum Gasteiger partial charge on any atom is -0.490 e. The summed E-state index contributed by atoms with van der Waals surface area (Å²) in [7, 11) is 0. The zero-order valence-electron chi connectivity index (χ0n) is 19.1. The van der Waals surface area contributed by atoms with Crippen LogP contribution in [-0.2, 0) is 4.79 Å². The molecule has 0 fully saturated rings. The number of hydrogen-bond donors (Lipinski definition) is 1. The van der Waals surface area contributed by atoms with E-state index in [1.54, 1.807) is 6.08 Å². The molecule has 7 nitrogen and oxygen atoms in total. The number of fused-ring (bicyclic) bond motifs is 1. The van der Waals surface area contributed by atoms with Crippen molar-refractivity contribution in [1.29, 1.82) is 5.41 Å². The first kappa shape index (κ1) is 22.8. The molecule has 1 N–H and O–H groups in total. The van der Waals surface area contributed by atoms with Gasteiger partial charge in [-0.05, 0) is 72.6 Å². The Bertz CT molecular complexity index is 1180. The van der Waals surface area contributed by atoms with E-state index in [1.807, 2.05) is 56.3 Å². The Kier molecular flexibility index (Phi) is 6.65. The van der Waals surface area contributed by atoms with Gasteiger partial charge in [0.15, 0.2) is 5.84 Å². The second-order valence-corrected chi connectivity index (χ2v) is 9.11. The van der Waals surface area contributed by atoms with Crippen molar-refractivity contribution >= 4 is 39.8 Å². The van der Waals surface area contributed by atoms with Gasteiger partial charge in [-0.2, -0.15) is 15.1 Å². The van der Waals surface area contributed by atoms with Crippen LogP contribution in [0.4, 0.5) is 0 Å². The summed E-state index contributed by atoms with van der Waals surface area (Å²) in [5, 5.41) is 15.6. The van der Waals surface area contributed by atoms with Gasteiger partial charge in [0.25, 0.3) is 5.91 Å². The molecular weight excluding hydrogens is 436 g/mol. The number of ether oxygens (including phenoxy) is 2. The number of carbonyl (C=O) groups is 1. The van der Waals surface area contributed by atoms with Gasteiger partial charge in [-0.3, -0.25) is 10.2 Å². The molecule has 2 aromatic rings. The van der Waals surface area contributed by atoms with Crippen LogP contribution in [0.5, 0.6) is 11.5 Å². The van der Waals surface area contributed by atoms with E-state index >= 15 is 0 Å². The molecule has 170 valence electrons. The van der Waals surface area contributed by atoms with Crippen molar-refractivity contribution in [2.45, 2.75) is 27.7 Å². The third kappa shape index (κ3) is 5.17. The van der Waals surface area contributed by atoms with Crippen molar-refractivity contribution in [3.05, 3.63) is 64.7 Å². The average Bonchev–Trinajstić information content (AvgIpc) is 3.22. The minimum absolute atomic E-state index is 0.0389. The fourth-order valence-electron chi connectivity index (χ4n) is 3.19. The highest BCUT2D eigenvalue weighted by molar-refractivity contribution is 8.27. The van der Waals surface area contributed by atoms with E-state index < -0.39 is 5.91 Å². The average molecular weight is 463 g/mol. The summed E-state index contributed by atoms with van der Waals surface area (Å²) >= 11 is 1.34. The lowest BCUT2D eigenvalue weighted by molar-refractivity contribution is -0.114. The lowest BCUT2D eigenvalue weighted by atomic mass is 10.1. The second kappa shape index (κ2) is 9.62. The zero-order chi connectivity index (χ0) is 23.5. The lowest BCUT2D eigenvalue weighted by Crippen LogP contribution is -2.35. The van der Waals surface area contributed by atoms with E-state index in [0.29, 0.717) is 24.1 Å². The molecule has 0 aliphatic carbocycles. The van der Waals surface area contributed by atoms with Crippen molar-refractivity contribution in [2.75, 3.05) is 13.2 Å². The molecule has 0 spiro atoms. The Morgan fingerprint density at radius 3 is 2.36 bits per heavy atom. The highest BCUT2D eigenvalue weighted by Gasteiger charge is 2.36. The maximum absolute atomic E-state index is 12.5. The molecule has 2 aliphatic rings.